The second-order valence-corrected chi connectivity index (χ2v) is 3.71. The first-order valence-corrected chi connectivity index (χ1v) is 4.94. The molecule has 0 aromatic heterocycles. The van der Waals surface area contributed by atoms with Gasteiger partial charge in [-0.05, 0) is 0 Å². The van der Waals surface area contributed by atoms with E-state index in [2.05, 4.69) is 5.10 Å². The van der Waals surface area contributed by atoms with Gasteiger partial charge in [0.15, 0.2) is 6.29 Å². The number of nitrogens with zero attached hydrogens (tertiary/aromatic N) is 1. The van der Waals surface area contributed by atoms with Gasteiger partial charge >= 0.3 is 0 Å². The molecule has 0 rings (SSSR count). The molecule has 0 aromatic rings. The maximum absolute atomic E-state index is 10.5. The summed E-state index contributed by atoms with van der Waals surface area (Å²) in [6, 6.07) is 0. The molecule has 0 saturated carbocycles. The molecule has 6 nitrogen and oxygen atoms in total. The molecule has 0 amide bonds. The van der Waals surface area contributed by atoms with Crippen LogP contribution in [0.2, 0.25) is 0 Å². The third kappa shape index (κ3) is 6.08. The molecule has 0 unspecified atom stereocenters. The minimum Gasteiger partial charge on any atom is -0.351 e. The quantitative estimate of drug-likeness (QED) is 0.352. The molecule has 0 aliphatic heterocycles. The second kappa shape index (κ2) is 5.07. The number of ether oxygens (including phenoxy) is 2. The highest BCUT2D eigenvalue weighted by Gasteiger charge is 2.00. The molecule has 0 saturated heterocycles. The molecule has 72 valence electrons. The molecule has 0 heterocycles. The van der Waals surface area contributed by atoms with Crippen LogP contribution in [0.3, 0.4) is 0 Å². The lowest BCUT2D eigenvalue weighted by Crippen LogP contribution is -2.20. The Kier molecular flexibility index (Phi) is 4.79. The Balaban J connectivity index is 3.90. The summed E-state index contributed by atoms with van der Waals surface area (Å²) in [6.07, 6.45) is 1.55. The van der Waals surface area contributed by atoms with Crippen molar-refractivity contribution in [3.8, 4) is 0 Å². The molecule has 0 aliphatic carbocycles. The van der Waals surface area contributed by atoms with Crippen molar-refractivity contribution in [2.45, 2.75) is 6.29 Å². The summed E-state index contributed by atoms with van der Waals surface area (Å²) in [5, 5.41) is 3.37. The molecule has 0 fully saturated rings. The zero-order valence-electron chi connectivity index (χ0n) is 7.14. The summed E-state index contributed by atoms with van der Waals surface area (Å²) in [4.78, 5) is 1.90. The van der Waals surface area contributed by atoms with Crippen molar-refractivity contribution in [1.82, 2.24) is 4.83 Å². The Morgan fingerprint density at radius 1 is 1.42 bits per heavy atom. The average molecular weight is 196 g/mol. The molecule has 0 radical (unpaired) electrons. The Hall–Kier alpha value is -0.660. The molecule has 0 aromatic carbocycles. The fourth-order valence-corrected chi connectivity index (χ4v) is 0.657. The maximum atomic E-state index is 10.5. The van der Waals surface area contributed by atoms with Crippen molar-refractivity contribution in [3.05, 3.63) is 0 Å². The lowest BCUT2D eigenvalue weighted by Gasteiger charge is -2.05. The number of hydrogen-bond donors (Lipinski definition) is 1. The fourth-order valence-electron chi connectivity index (χ4n) is 0.405. The summed E-state index contributed by atoms with van der Waals surface area (Å²) in [5.74, 6) is 0. The molecule has 0 aliphatic rings. The highest BCUT2D eigenvalue weighted by Crippen LogP contribution is 1.84. The van der Waals surface area contributed by atoms with Gasteiger partial charge in [0.2, 0.25) is 10.0 Å². The number of hydrogen-bond acceptors (Lipinski definition) is 5. The smallest absolute Gasteiger partial charge is 0.244 e. The van der Waals surface area contributed by atoms with Gasteiger partial charge in [0.25, 0.3) is 0 Å². The average Bonchev–Trinajstić information content (AvgIpc) is 1.96. The van der Waals surface area contributed by atoms with E-state index < -0.39 is 16.3 Å². The van der Waals surface area contributed by atoms with Crippen LogP contribution in [0.5, 0.6) is 0 Å². The molecule has 12 heavy (non-hydrogen) atoms. The topological polar surface area (TPSA) is 77.0 Å². The van der Waals surface area contributed by atoms with Gasteiger partial charge in [-0.1, -0.05) is 0 Å². The SMILES string of the molecule is COC(C=NNS(C)(=O)=O)OC. The van der Waals surface area contributed by atoms with Crippen molar-refractivity contribution < 1.29 is 17.9 Å². The molecule has 7 heteroatoms. The molecular weight excluding hydrogens is 184 g/mol. The van der Waals surface area contributed by atoms with Gasteiger partial charge in [0, 0.05) is 14.2 Å². The first-order valence-electron chi connectivity index (χ1n) is 3.05. The third-order valence-electron chi connectivity index (χ3n) is 0.879. The van der Waals surface area contributed by atoms with Gasteiger partial charge in [0.05, 0.1) is 12.5 Å². The van der Waals surface area contributed by atoms with Crippen LogP contribution in [-0.2, 0) is 19.5 Å². The monoisotopic (exact) mass is 196 g/mol. The minimum absolute atomic E-state index is 0.640. The van der Waals surface area contributed by atoms with E-state index in [0.29, 0.717) is 0 Å². The van der Waals surface area contributed by atoms with Crippen molar-refractivity contribution in [2.75, 3.05) is 20.5 Å². The standard InChI is InChI=1S/C5H12N2O4S/c1-10-5(11-2)4-6-7-12(3,8)9/h4-5,7H,1-3H3. The molecule has 1 N–H and O–H groups in total. The van der Waals surface area contributed by atoms with E-state index in [-0.39, 0.29) is 0 Å². The van der Waals surface area contributed by atoms with Crippen LogP contribution >= 0.6 is 0 Å². The van der Waals surface area contributed by atoms with E-state index in [0.717, 1.165) is 6.26 Å². The van der Waals surface area contributed by atoms with Gasteiger partial charge in [-0.25, -0.2) is 13.2 Å². The van der Waals surface area contributed by atoms with E-state index in [9.17, 15) is 8.42 Å². The Morgan fingerprint density at radius 3 is 2.25 bits per heavy atom. The third-order valence-corrected chi connectivity index (χ3v) is 1.32. The fraction of sp³-hybridized carbons (Fsp3) is 0.800. The zero-order valence-corrected chi connectivity index (χ0v) is 7.96. The highest BCUT2D eigenvalue weighted by atomic mass is 32.2. The summed E-state index contributed by atoms with van der Waals surface area (Å²) in [5.41, 5.74) is 0. The van der Waals surface area contributed by atoms with Crippen LogP contribution in [0.4, 0.5) is 0 Å². The lowest BCUT2D eigenvalue weighted by atomic mass is 10.7. The number of sulfonamides is 1. The highest BCUT2D eigenvalue weighted by molar-refractivity contribution is 7.88. The van der Waals surface area contributed by atoms with Gasteiger partial charge in [-0.15, -0.1) is 0 Å². The zero-order chi connectivity index (χ0) is 9.61. The molecule has 0 bridgehead atoms. The minimum atomic E-state index is -3.30. The summed E-state index contributed by atoms with van der Waals surface area (Å²) < 4.78 is 30.4. The Morgan fingerprint density at radius 2 is 1.92 bits per heavy atom. The Labute approximate surface area is 71.6 Å². The van der Waals surface area contributed by atoms with E-state index in [1.165, 1.54) is 20.4 Å². The largest absolute Gasteiger partial charge is 0.351 e. The van der Waals surface area contributed by atoms with E-state index in [1.807, 2.05) is 4.83 Å². The van der Waals surface area contributed by atoms with Gasteiger partial charge in [-0.3, -0.25) is 0 Å². The number of hydrazone groups is 1. The lowest BCUT2D eigenvalue weighted by molar-refractivity contribution is -0.0486. The van der Waals surface area contributed by atoms with Crippen LogP contribution < -0.4 is 4.83 Å². The normalized spacial score (nSPS) is 12.7. The maximum Gasteiger partial charge on any atom is 0.244 e. The number of nitrogens with one attached hydrogen (secondary N) is 1. The molecule has 0 spiro atoms. The van der Waals surface area contributed by atoms with Gasteiger partial charge in [-0.2, -0.15) is 5.10 Å². The molecule has 0 atom stereocenters. The van der Waals surface area contributed by atoms with E-state index in [1.54, 1.807) is 0 Å². The summed E-state index contributed by atoms with van der Waals surface area (Å²) >= 11 is 0. The number of methoxy groups -OCH3 is 2. The first kappa shape index (κ1) is 11.3. The first-order chi connectivity index (χ1) is 5.49. The summed E-state index contributed by atoms with van der Waals surface area (Å²) in [6.45, 7) is 0. The van der Waals surface area contributed by atoms with Gasteiger partial charge < -0.3 is 9.47 Å². The van der Waals surface area contributed by atoms with Gasteiger partial charge in [0.1, 0.15) is 0 Å². The van der Waals surface area contributed by atoms with Crippen molar-refractivity contribution >= 4 is 16.2 Å². The molecular formula is C5H12N2O4S. The van der Waals surface area contributed by atoms with Crippen LogP contribution in [0.1, 0.15) is 0 Å². The van der Waals surface area contributed by atoms with Crippen LogP contribution in [0, 0.1) is 0 Å². The summed E-state index contributed by atoms with van der Waals surface area (Å²) in [7, 11) is -0.461. The van der Waals surface area contributed by atoms with Crippen LogP contribution in [0.25, 0.3) is 0 Å². The van der Waals surface area contributed by atoms with E-state index in [4.69, 9.17) is 9.47 Å². The van der Waals surface area contributed by atoms with Crippen molar-refractivity contribution in [3.63, 3.8) is 0 Å². The predicted molar refractivity (Wildman–Crippen MR) is 44.3 cm³/mol. The van der Waals surface area contributed by atoms with Crippen LogP contribution in [-0.4, -0.2) is 41.4 Å². The van der Waals surface area contributed by atoms with Crippen molar-refractivity contribution in [2.24, 2.45) is 5.10 Å². The van der Waals surface area contributed by atoms with Crippen LogP contribution in [0.15, 0.2) is 5.10 Å². The van der Waals surface area contributed by atoms with Crippen molar-refractivity contribution in [1.29, 1.82) is 0 Å². The second-order valence-electron chi connectivity index (χ2n) is 1.98. The predicted octanol–water partition coefficient (Wildman–Crippen LogP) is -0.860. The number of rotatable bonds is 5. The Bertz CT molecular complexity index is 232. The van der Waals surface area contributed by atoms with E-state index >= 15 is 0 Å².